The number of hydrogen-bond acceptors (Lipinski definition) is 5. The molecule has 3 aromatic rings. The summed E-state index contributed by atoms with van der Waals surface area (Å²) in [5.41, 5.74) is 1.15. The molecule has 4 nitrogen and oxygen atoms in total. The number of thioether (sulfide) groups is 1. The van der Waals surface area contributed by atoms with Crippen molar-refractivity contribution in [3.63, 3.8) is 0 Å². The molecule has 0 atom stereocenters. The van der Waals surface area contributed by atoms with Crippen LogP contribution in [0, 0.1) is 11.6 Å². The normalized spacial score (nSPS) is 14.8. The summed E-state index contributed by atoms with van der Waals surface area (Å²) in [5.74, 6) is -2.22. The molecular weight excluding hydrogens is 388 g/mol. The molecule has 0 saturated carbocycles. The average molecular weight is 405 g/mol. The van der Waals surface area contributed by atoms with Crippen LogP contribution in [0.15, 0.2) is 41.3 Å². The van der Waals surface area contributed by atoms with Crippen molar-refractivity contribution in [1.82, 2.24) is 9.88 Å². The fourth-order valence-corrected chi connectivity index (χ4v) is 4.64. The molecule has 8 heteroatoms. The Morgan fingerprint density at radius 2 is 1.85 bits per heavy atom. The Hall–Kier alpha value is -2.19. The van der Waals surface area contributed by atoms with Crippen LogP contribution in [-0.4, -0.2) is 48.2 Å². The Balaban J connectivity index is 1.45. The van der Waals surface area contributed by atoms with Gasteiger partial charge < -0.3 is 9.80 Å². The van der Waals surface area contributed by atoms with Crippen LogP contribution in [0.5, 0.6) is 0 Å². The maximum absolute atomic E-state index is 13.4. The lowest BCUT2D eigenvalue weighted by atomic mass is 10.1. The zero-order valence-corrected chi connectivity index (χ0v) is 16.2. The van der Waals surface area contributed by atoms with Gasteiger partial charge in [-0.15, -0.1) is 11.8 Å². The van der Waals surface area contributed by atoms with Crippen molar-refractivity contribution in [1.29, 1.82) is 0 Å². The van der Waals surface area contributed by atoms with Crippen LogP contribution in [-0.2, 0) is 0 Å². The van der Waals surface area contributed by atoms with Gasteiger partial charge in [-0.25, -0.2) is 13.8 Å². The monoisotopic (exact) mass is 405 g/mol. The van der Waals surface area contributed by atoms with Crippen LogP contribution in [0.3, 0.4) is 0 Å². The van der Waals surface area contributed by atoms with Crippen LogP contribution >= 0.6 is 23.1 Å². The largest absolute Gasteiger partial charge is 0.345 e. The highest BCUT2D eigenvalue weighted by Gasteiger charge is 2.24. The van der Waals surface area contributed by atoms with Crippen LogP contribution in [0.2, 0.25) is 0 Å². The van der Waals surface area contributed by atoms with Gasteiger partial charge in [0.2, 0.25) is 0 Å². The fraction of sp³-hybridized carbons (Fsp3) is 0.263. The smallest absolute Gasteiger partial charge is 0.254 e. The van der Waals surface area contributed by atoms with E-state index in [2.05, 4.69) is 17.0 Å². The number of fused-ring (bicyclic) bond motifs is 1. The van der Waals surface area contributed by atoms with Crippen LogP contribution in [0.4, 0.5) is 13.9 Å². The third kappa shape index (κ3) is 3.64. The van der Waals surface area contributed by atoms with Gasteiger partial charge in [-0.2, -0.15) is 0 Å². The fourth-order valence-electron chi connectivity index (χ4n) is 3.07. The first-order valence-corrected chi connectivity index (χ1v) is 10.5. The molecule has 27 heavy (non-hydrogen) atoms. The SMILES string of the molecule is CSc1ccc2nc(N3CCN(C(=O)c4ccc(F)c(F)c4)CC3)sc2c1. The first-order valence-electron chi connectivity index (χ1n) is 8.49. The lowest BCUT2D eigenvalue weighted by Gasteiger charge is -2.34. The highest BCUT2D eigenvalue weighted by Crippen LogP contribution is 2.32. The second-order valence-electron chi connectivity index (χ2n) is 6.24. The third-order valence-electron chi connectivity index (χ3n) is 4.59. The number of halogens is 2. The van der Waals surface area contributed by atoms with Crippen LogP contribution < -0.4 is 4.90 Å². The summed E-state index contributed by atoms with van der Waals surface area (Å²) in [7, 11) is 0. The van der Waals surface area contributed by atoms with Crippen molar-refractivity contribution in [2.75, 3.05) is 37.3 Å². The van der Waals surface area contributed by atoms with E-state index in [1.807, 2.05) is 12.3 Å². The number of rotatable bonds is 3. The van der Waals surface area contributed by atoms with Gasteiger partial charge in [0, 0.05) is 36.6 Å². The Labute approximate surface area is 163 Å². The van der Waals surface area contributed by atoms with E-state index < -0.39 is 11.6 Å². The Bertz CT molecular complexity index is 1000. The molecule has 4 rings (SSSR count). The summed E-state index contributed by atoms with van der Waals surface area (Å²) in [5, 5.41) is 0.947. The molecule has 0 N–H and O–H groups in total. The molecule has 0 radical (unpaired) electrons. The number of anilines is 1. The molecule has 1 aliphatic rings. The second-order valence-corrected chi connectivity index (χ2v) is 8.13. The predicted octanol–water partition coefficient (Wildman–Crippen LogP) is 4.26. The second kappa shape index (κ2) is 7.44. The van der Waals surface area contributed by atoms with Gasteiger partial charge >= 0.3 is 0 Å². The summed E-state index contributed by atoms with van der Waals surface area (Å²) in [6.45, 7) is 2.35. The van der Waals surface area contributed by atoms with Gasteiger partial charge in [0.15, 0.2) is 16.8 Å². The molecular formula is C19H17F2N3OS2. The number of hydrogen-bond donors (Lipinski definition) is 0. The standard InChI is InChI=1S/C19H17F2N3OS2/c1-26-13-3-5-16-17(11-13)27-19(22-16)24-8-6-23(7-9-24)18(25)12-2-4-14(20)15(21)10-12/h2-5,10-11H,6-9H2,1H3. The predicted molar refractivity (Wildman–Crippen MR) is 106 cm³/mol. The van der Waals surface area contributed by atoms with Gasteiger partial charge in [0.25, 0.3) is 5.91 Å². The van der Waals surface area contributed by atoms with E-state index >= 15 is 0 Å². The zero-order chi connectivity index (χ0) is 19.0. The van der Waals surface area contributed by atoms with Crippen LogP contribution in [0.1, 0.15) is 10.4 Å². The van der Waals surface area contributed by atoms with Gasteiger partial charge in [-0.05, 0) is 42.7 Å². The molecule has 1 fully saturated rings. The molecule has 0 bridgehead atoms. The van der Waals surface area contributed by atoms with Crippen molar-refractivity contribution < 1.29 is 13.6 Å². The molecule has 1 aliphatic heterocycles. The highest BCUT2D eigenvalue weighted by atomic mass is 32.2. The average Bonchev–Trinajstić information content (AvgIpc) is 3.13. The summed E-state index contributed by atoms with van der Waals surface area (Å²) < 4.78 is 27.6. The summed E-state index contributed by atoms with van der Waals surface area (Å²) in [4.78, 5) is 22.3. The van der Waals surface area contributed by atoms with E-state index in [1.165, 1.54) is 11.0 Å². The minimum Gasteiger partial charge on any atom is -0.345 e. The van der Waals surface area contributed by atoms with Gasteiger partial charge in [0.05, 0.1) is 10.2 Å². The van der Waals surface area contributed by atoms with Crippen molar-refractivity contribution in [3.8, 4) is 0 Å². The molecule has 2 aromatic carbocycles. The van der Waals surface area contributed by atoms with Crippen molar-refractivity contribution >= 4 is 44.4 Å². The van der Waals surface area contributed by atoms with Crippen molar-refractivity contribution in [3.05, 3.63) is 53.6 Å². The number of carbonyl (C=O) groups excluding carboxylic acids is 1. The topological polar surface area (TPSA) is 36.4 Å². The Kier molecular flexibility index (Phi) is 5.01. The van der Waals surface area contributed by atoms with Crippen LogP contribution in [0.25, 0.3) is 10.2 Å². The number of piperazine rings is 1. The maximum Gasteiger partial charge on any atom is 0.254 e. The highest BCUT2D eigenvalue weighted by molar-refractivity contribution is 7.98. The summed E-state index contributed by atoms with van der Waals surface area (Å²) >= 11 is 3.35. The number of benzene rings is 2. The molecule has 1 saturated heterocycles. The Morgan fingerprint density at radius 1 is 1.07 bits per heavy atom. The minimum absolute atomic E-state index is 0.173. The Morgan fingerprint density at radius 3 is 2.56 bits per heavy atom. The van der Waals surface area contributed by atoms with Gasteiger partial charge in [-0.3, -0.25) is 4.79 Å². The number of amides is 1. The molecule has 140 valence electrons. The molecule has 2 heterocycles. The van der Waals surface area contributed by atoms with E-state index in [0.29, 0.717) is 26.2 Å². The quantitative estimate of drug-likeness (QED) is 0.610. The van der Waals surface area contributed by atoms with E-state index in [4.69, 9.17) is 4.98 Å². The third-order valence-corrected chi connectivity index (χ3v) is 6.39. The lowest BCUT2D eigenvalue weighted by molar-refractivity contribution is 0.0746. The van der Waals surface area contributed by atoms with E-state index in [9.17, 15) is 13.6 Å². The molecule has 1 amide bonds. The molecule has 0 spiro atoms. The van der Waals surface area contributed by atoms with E-state index in [-0.39, 0.29) is 11.5 Å². The molecule has 0 unspecified atom stereocenters. The van der Waals surface area contributed by atoms with Crippen molar-refractivity contribution in [2.45, 2.75) is 4.90 Å². The summed E-state index contributed by atoms with van der Waals surface area (Å²) in [6.07, 6.45) is 2.05. The number of thiazole rings is 1. The number of carbonyl (C=O) groups is 1. The zero-order valence-electron chi connectivity index (χ0n) is 14.6. The first-order chi connectivity index (χ1) is 13.0. The lowest BCUT2D eigenvalue weighted by Crippen LogP contribution is -2.48. The van der Waals surface area contributed by atoms with E-state index in [0.717, 1.165) is 27.5 Å². The summed E-state index contributed by atoms with van der Waals surface area (Å²) in [6, 6.07) is 9.51. The minimum atomic E-state index is -1.00. The van der Waals surface area contributed by atoms with Gasteiger partial charge in [0.1, 0.15) is 0 Å². The molecule has 0 aliphatic carbocycles. The number of nitrogens with zero attached hydrogens (tertiary/aromatic N) is 3. The number of aromatic nitrogens is 1. The first kappa shape index (κ1) is 18.2. The maximum atomic E-state index is 13.4. The van der Waals surface area contributed by atoms with Gasteiger partial charge in [-0.1, -0.05) is 11.3 Å². The van der Waals surface area contributed by atoms with Crippen molar-refractivity contribution in [2.24, 2.45) is 0 Å². The van der Waals surface area contributed by atoms with E-state index in [1.54, 1.807) is 28.0 Å². The molecule has 1 aromatic heterocycles.